The van der Waals surface area contributed by atoms with Crippen LogP contribution in [0.1, 0.15) is 37.1 Å². The maximum atomic E-state index is 12.9. The largest absolute Gasteiger partial charge is 0.342 e. The molecule has 0 aliphatic carbocycles. The fraction of sp³-hybridized carbons (Fsp3) is 0.429. The van der Waals surface area contributed by atoms with Gasteiger partial charge in [0.15, 0.2) is 0 Å². The maximum Gasteiger partial charge on any atom is 0.226 e. The predicted molar refractivity (Wildman–Crippen MR) is 103 cm³/mol. The number of nitrogens with zero attached hydrogens (tertiary/aromatic N) is 4. The van der Waals surface area contributed by atoms with Gasteiger partial charge in [-0.15, -0.1) is 0 Å². The first-order valence-corrected chi connectivity index (χ1v) is 9.40. The van der Waals surface area contributed by atoms with Crippen molar-refractivity contribution in [2.75, 3.05) is 20.1 Å². The van der Waals surface area contributed by atoms with Crippen LogP contribution in [0, 0.1) is 5.92 Å². The number of amides is 2. The Morgan fingerprint density at radius 2 is 1.89 bits per heavy atom. The lowest BCUT2D eigenvalue weighted by Gasteiger charge is -2.35. The number of rotatable bonds is 5. The molecule has 27 heavy (non-hydrogen) atoms. The number of carbonyl (C=O) groups is 2. The highest BCUT2D eigenvalue weighted by molar-refractivity contribution is 5.81. The molecule has 0 N–H and O–H groups in total. The average molecular weight is 366 g/mol. The van der Waals surface area contributed by atoms with Crippen molar-refractivity contribution in [2.45, 2.75) is 32.2 Å². The minimum absolute atomic E-state index is 0.0416. The van der Waals surface area contributed by atoms with E-state index in [4.69, 9.17) is 0 Å². The van der Waals surface area contributed by atoms with Crippen molar-refractivity contribution in [3.63, 3.8) is 0 Å². The smallest absolute Gasteiger partial charge is 0.226 e. The third kappa shape index (κ3) is 4.70. The van der Waals surface area contributed by atoms with E-state index in [0.717, 1.165) is 11.3 Å². The van der Waals surface area contributed by atoms with E-state index in [2.05, 4.69) is 9.97 Å². The van der Waals surface area contributed by atoms with Crippen LogP contribution in [-0.4, -0.2) is 51.7 Å². The number of carbonyl (C=O) groups excluding carboxylic acids is 2. The standard InChI is InChI=1S/C21H26N4O2/c1-16(19-8-11-22-15-23-19)24(2)21(27)18-9-12-25(13-10-18)20(26)14-17-6-4-3-5-7-17/h3-8,11,15-16,18H,9-10,12-14H2,1-2H3/t16-/m0/s1. The molecule has 1 saturated heterocycles. The lowest BCUT2D eigenvalue weighted by atomic mass is 9.94. The van der Waals surface area contributed by atoms with Crippen molar-refractivity contribution in [1.29, 1.82) is 0 Å². The minimum atomic E-state index is -0.0988. The van der Waals surface area contributed by atoms with E-state index in [1.54, 1.807) is 11.1 Å². The lowest BCUT2D eigenvalue weighted by molar-refractivity contribution is -0.141. The molecule has 0 bridgehead atoms. The first-order valence-electron chi connectivity index (χ1n) is 9.40. The number of aromatic nitrogens is 2. The molecule has 0 spiro atoms. The summed E-state index contributed by atoms with van der Waals surface area (Å²) in [6, 6.07) is 11.5. The van der Waals surface area contributed by atoms with Crippen LogP contribution < -0.4 is 0 Å². The zero-order chi connectivity index (χ0) is 19.2. The zero-order valence-corrected chi connectivity index (χ0v) is 15.9. The molecule has 2 amide bonds. The summed E-state index contributed by atoms with van der Waals surface area (Å²) in [6.45, 7) is 3.24. The van der Waals surface area contributed by atoms with Crippen LogP contribution in [0.2, 0.25) is 0 Å². The highest BCUT2D eigenvalue weighted by Gasteiger charge is 2.31. The fourth-order valence-electron chi connectivity index (χ4n) is 3.48. The zero-order valence-electron chi connectivity index (χ0n) is 15.9. The second-order valence-electron chi connectivity index (χ2n) is 7.08. The van der Waals surface area contributed by atoms with Gasteiger partial charge < -0.3 is 9.80 Å². The Balaban J connectivity index is 1.52. The van der Waals surface area contributed by atoms with E-state index in [1.807, 2.05) is 55.3 Å². The molecule has 1 aromatic heterocycles. The summed E-state index contributed by atoms with van der Waals surface area (Å²) < 4.78 is 0. The number of piperidine rings is 1. The van der Waals surface area contributed by atoms with Gasteiger partial charge in [0.2, 0.25) is 11.8 Å². The summed E-state index contributed by atoms with van der Waals surface area (Å²) in [4.78, 5) is 37.2. The monoisotopic (exact) mass is 366 g/mol. The molecule has 6 heteroatoms. The molecule has 1 atom stereocenters. The third-order valence-corrected chi connectivity index (χ3v) is 5.36. The second kappa shape index (κ2) is 8.75. The molecule has 3 rings (SSSR count). The minimum Gasteiger partial charge on any atom is -0.342 e. The third-order valence-electron chi connectivity index (χ3n) is 5.36. The predicted octanol–water partition coefficient (Wildman–Crippen LogP) is 2.48. The van der Waals surface area contributed by atoms with Gasteiger partial charge in [-0.25, -0.2) is 9.97 Å². The maximum absolute atomic E-state index is 12.9. The Bertz CT molecular complexity index is 758. The molecular weight excluding hydrogens is 340 g/mol. The van der Waals surface area contributed by atoms with Gasteiger partial charge in [0.05, 0.1) is 18.2 Å². The quantitative estimate of drug-likeness (QED) is 0.815. The van der Waals surface area contributed by atoms with Gasteiger partial charge in [-0.2, -0.15) is 0 Å². The van der Waals surface area contributed by atoms with E-state index >= 15 is 0 Å². The molecule has 2 aromatic rings. The normalized spacial score (nSPS) is 16.0. The van der Waals surface area contributed by atoms with Crippen molar-refractivity contribution in [2.24, 2.45) is 5.92 Å². The summed E-state index contributed by atoms with van der Waals surface area (Å²) in [7, 11) is 1.82. The summed E-state index contributed by atoms with van der Waals surface area (Å²) >= 11 is 0. The van der Waals surface area contributed by atoms with Crippen molar-refractivity contribution in [3.05, 3.63) is 60.2 Å². The van der Waals surface area contributed by atoms with E-state index in [1.165, 1.54) is 6.33 Å². The van der Waals surface area contributed by atoms with Gasteiger partial charge in [0, 0.05) is 32.3 Å². The van der Waals surface area contributed by atoms with Gasteiger partial charge in [-0.1, -0.05) is 30.3 Å². The number of hydrogen-bond donors (Lipinski definition) is 0. The molecule has 1 aliphatic heterocycles. The first kappa shape index (κ1) is 19.0. The van der Waals surface area contributed by atoms with E-state index in [-0.39, 0.29) is 23.8 Å². The molecule has 0 unspecified atom stereocenters. The topological polar surface area (TPSA) is 66.4 Å². The molecule has 2 heterocycles. The van der Waals surface area contributed by atoms with E-state index < -0.39 is 0 Å². The Labute approximate surface area is 160 Å². The average Bonchev–Trinajstić information content (AvgIpc) is 2.73. The highest BCUT2D eigenvalue weighted by atomic mass is 16.2. The van der Waals surface area contributed by atoms with Crippen molar-refractivity contribution < 1.29 is 9.59 Å². The summed E-state index contributed by atoms with van der Waals surface area (Å²) in [5.41, 5.74) is 1.86. The molecule has 1 fully saturated rings. The van der Waals surface area contributed by atoms with Crippen LogP contribution in [0.3, 0.4) is 0 Å². The Morgan fingerprint density at radius 3 is 2.52 bits per heavy atom. The molecule has 1 aromatic carbocycles. The van der Waals surface area contributed by atoms with Crippen molar-refractivity contribution in [3.8, 4) is 0 Å². The molecule has 0 radical (unpaired) electrons. The number of benzene rings is 1. The highest BCUT2D eigenvalue weighted by Crippen LogP contribution is 2.24. The SMILES string of the molecule is C[C@@H](c1ccncn1)N(C)C(=O)C1CCN(C(=O)Cc2ccccc2)CC1. The molecular formula is C21H26N4O2. The molecule has 0 saturated carbocycles. The molecule has 1 aliphatic rings. The van der Waals surface area contributed by atoms with Crippen LogP contribution >= 0.6 is 0 Å². The Kier molecular flexibility index (Phi) is 6.16. The summed E-state index contributed by atoms with van der Waals surface area (Å²) in [5, 5.41) is 0. The van der Waals surface area contributed by atoms with Crippen LogP contribution in [-0.2, 0) is 16.0 Å². The van der Waals surface area contributed by atoms with Crippen LogP contribution in [0.15, 0.2) is 48.9 Å². The Hall–Kier alpha value is -2.76. The second-order valence-corrected chi connectivity index (χ2v) is 7.08. The van der Waals surface area contributed by atoms with Crippen LogP contribution in [0.4, 0.5) is 0 Å². The fourth-order valence-corrected chi connectivity index (χ4v) is 3.48. The summed E-state index contributed by atoms with van der Waals surface area (Å²) in [6.07, 6.45) is 5.03. The van der Waals surface area contributed by atoms with Gasteiger partial charge in [-0.05, 0) is 31.4 Å². The van der Waals surface area contributed by atoms with Crippen molar-refractivity contribution in [1.82, 2.24) is 19.8 Å². The lowest BCUT2D eigenvalue weighted by Crippen LogP contribution is -2.44. The van der Waals surface area contributed by atoms with Gasteiger partial charge >= 0.3 is 0 Å². The Morgan fingerprint density at radius 1 is 1.19 bits per heavy atom. The van der Waals surface area contributed by atoms with Gasteiger partial charge in [-0.3, -0.25) is 9.59 Å². The van der Waals surface area contributed by atoms with Crippen molar-refractivity contribution >= 4 is 11.8 Å². The first-order chi connectivity index (χ1) is 13.1. The number of hydrogen-bond acceptors (Lipinski definition) is 4. The van der Waals surface area contributed by atoms with Crippen LogP contribution in [0.5, 0.6) is 0 Å². The van der Waals surface area contributed by atoms with Crippen LogP contribution in [0.25, 0.3) is 0 Å². The van der Waals surface area contributed by atoms with E-state index in [9.17, 15) is 9.59 Å². The van der Waals surface area contributed by atoms with Gasteiger partial charge in [0.25, 0.3) is 0 Å². The molecule has 6 nitrogen and oxygen atoms in total. The van der Waals surface area contributed by atoms with Gasteiger partial charge in [0.1, 0.15) is 6.33 Å². The number of likely N-dealkylation sites (tertiary alicyclic amines) is 1. The molecule has 142 valence electrons. The van der Waals surface area contributed by atoms with E-state index in [0.29, 0.717) is 32.4 Å². The summed E-state index contributed by atoms with van der Waals surface area (Å²) in [5.74, 6) is 0.214.